The van der Waals surface area contributed by atoms with Crippen LogP contribution in [0.3, 0.4) is 0 Å². The van der Waals surface area contributed by atoms with Gasteiger partial charge in [-0.15, -0.1) is 0 Å². The van der Waals surface area contributed by atoms with Gasteiger partial charge in [0.05, 0.1) is 6.61 Å². The van der Waals surface area contributed by atoms with Crippen molar-refractivity contribution >= 4 is 12.0 Å². The highest BCUT2D eigenvalue weighted by atomic mass is 16.5. The van der Waals surface area contributed by atoms with Crippen molar-refractivity contribution in [2.24, 2.45) is 0 Å². The Morgan fingerprint density at radius 2 is 2.26 bits per heavy atom. The van der Waals surface area contributed by atoms with Crippen LogP contribution in [0.4, 0.5) is 0 Å². The monoisotopic (exact) mass is 261 g/mol. The molecule has 1 heterocycles. The highest BCUT2D eigenvalue weighted by Gasteiger charge is 2.15. The quantitative estimate of drug-likeness (QED) is 0.828. The summed E-state index contributed by atoms with van der Waals surface area (Å²) in [4.78, 5) is 11.6. The van der Waals surface area contributed by atoms with E-state index in [9.17, 15) is 4.79 Å². The van der Waals surface area contributed by atoms with Gasteiger partial charge in [0.25, 0.3) is 0 Å². The summed E-state index contributed by atoms with van der Waals surface area (Å²) in [7, 11) is 0. The summed E-state index contributed by atoms with van der Waals surface area (Å²) < 4.78 is 10.7. The molecule has 1 aromatic rings. The van der Waals surface area contributed by atoms with Crippen LogP contribution in [0.2, 0.25) is 0 Å². The van der Waals surface area contributed by atoms with Crippen LogP contribution in [0.15, 0.2) is 30.3 Å². The average molecular weight is 261 g/mol. The van der Waals surface area contributed by atoms with E-state index in [2.05, 4.69) is 5.32 Å². The van der Waals surface area contributed by atoms with Gasteiger partial charge in [-0.25, -0.2) is 0 Å². The third kappa shape index (κ3) is 4.41. The molecule has 1 amide bonds. The van der Waals surface area contributed by atoms with Crippen molar-refractivity contribution in [1.82, 2.24) is 5.32 Å². The minimum absolute atomic E-state index is 0.124. The van der Waals surface area contributed by atoms with Crippen LogP contribution in [0, 0.1) is 0 Å². The topological polar surface area (TPSA) is 47.6 Å². The molecule has 102 valence electrons. The lowest BCUT2D eigenvalue weighted by Crippen LogP contribution is -2.32. The molecule has 1 aromatic carbocycles. The molecule has 0 aliphatic carbocycles. The maximum atomic E-state index is 11.6. The van der Waals surface area contributed by atoms with E-state index in [0.29, 0.717) is 6.61 Å². The molecule has 1 aliphatic heterocycles. The van der Waals surface area contributed by atoms with Gasteiger partial charge < -0.3 is 14.8 Å². The lowest BCUT2D eigenvalue weighted by molar-refractivity contribution is -0.119. The minimum Gasteiger partial charge on any atom is -0.494 e. The van der Waals surface area contributed by atoms with E-state index in [0.717, 1.165) is 30.8 Å². The Hall–Kier alpha value is -1.81. The summed E-state index contributed by atoms with van der Waals surface area (Å²) in [6.07, 6.45) is 5.07. The van der Waals surface area contributed by atoms with Crippen LogP contribution in [0.5, 0.6) is 5.75 Å². The molecule has 4 heteroatoms. The molecule has 0 spiro atoms. The van der Waals surface area contributed by atoms with E-state index >= 15 is 0 Å². The minimum atomic E-state index is -0.127. The van der Waals surface area contributed by atoms with E-state index in [1.807, 2.05) is 31.2 Å². The Labute approximate surface area is 113 Å². The summed E-state index contributed by atoms with van der Waals surface area (Å²) >= 11 is 0. The SMILES string of the molecule is CCOc1ccc(C=CC(=O)NC2CCCO2)cc1. The Morgan fingerprint density at radius 1 is 1.47 bits per heavy atom. The number of carbonyl (C=O) groups is 1. The van der Waals surface area contributed by atoms with Crippen molar-refractivity contribution in [2.75, 3.05) is 13.2 Å². The predicted molar refractivity (Wildman–Crippen MR) is 73.8 cm³/mol. The third-order valence-corrected chi connectivity index (χ3v) is 2.85. The van der Waals surface area contributed by atoms with Crippen LogP contribution < -0.4 is 10.1 Å². The predicted octanol–water partition coefficient (Wildman–Crippen LogP) is 2.35. The van der Waals surface area contributed by atoms with Crippen LogP contribution in [0.1, 0.15) is 25.3 Å². The van der Waals surface area contributed by atoms with Crippen molar-refractivity contribution in [3.05, 3.63) is 35.9 Å². The van der Waals surface area contributed by atoms with Gasteiger partial charge in [-0.05, 0) is 43.5 Å². The van der Waals surface area contributed by atoms with Crippen LogP contribution >= 0.6 is 0 Å². The van der Waals surface area contributed by atoms with Gasteiger partial charge in [0.15, 0.2) is 0 Å². The normalized spacial score (nSPS) is 18.7. The second kappa shape index (κ2) is 6.95. The Bertz CT molecular complexity index is 433. The lowest BCUT2D eigenvalue weighted by atomic mass is 10.2. The van der Waals surface area contributed by atoms with E-state index < -0.39 is 0 Å². The fraction of sp³-hybridized carbons (Fsp3) is 0.400. The molecule has 4 nitrogen and oxygen atoms in total. The molecule has 1 aliphatic rings. The summed E-state index contributed by atoms with van der Waals surface area (Å²) in [5, 5.41) is 2.81. The highest BCUT2D eigenvalue weighted by Crippen LogP contribution is 2.13. The standard InChI is InChI=1S/C15H19NO3/c1-2-18-13-8-5-12(6-9-13)7-10-14(17)16-15-4-3-11-19-15/h5-10,15H,2-4,11H2,1H3,(H,16,17). The molecule has 1 N–H and O–H groups in total. The number of ether oxygens (including phenoxy) is 2. The zero-order valence-electron chi connectivity index (χ0n) is 11.1. The Morgan fingerprint density at radius 3 is 2.89 bits per heavy atom. The van der Waals surface area contributed by atoms with Crippen LogP contribution in [0.25, 0.3) is 6.08 Å². The number of benzene rings is 1. The van der Waals surface area contributed by atoms with Crippen LogP contribution in [-0.4, -0.2) is 25.3 Å². The molecular formula is C15H19NO3. The summed E-state index contributed by atoms with van der Waals surface area (Å²) in [6.45, 7) is 3.33. The first kappa shape index (κ1) is 13.6. The molecule has 1 unspecified atom stereocenters. The lowest BCUT2D eigenvalue weighted by Gasteiger charge is -2.09. The number of hydrogen-bond acceptors (Lipinski definition) is 3. The van der Waals surface area contributed by atoms with Gasteiger partial charge in [-0.3, -0.25) is 4.79 Å². The van der Waals surface area contributed by atoms with Gasteiger partial charge >= 0.3 is 0 Å². The molecule has 2 rings (SSSR count). The first-order valence-corrected chi connectivity index (χ1v) is 6.61. The Balaban J connectivity index is 1.84. The summed E-state index contributed by atoms with van der Waals surface area (Å²) in [5.74, 6) is 0.712. The third-order valence-electron chi connectivity index (χ3n) is 2.85. The second-order valence-electron chi connectivity index (χ2n) is 4.35. The first-order valence-electron chi connectivity index (χ1n) is 6.61. The zero-order chi connectivity index (χ0) is 13.5. The summed E-state index contributed by atoms with van der Waals surface area (Å²) in [6, 6.07) is 7.62. The number of hydrogen-bond donors (Lipinski definition) is 1. The van der Waals surface area contributed by atoms with Crippen molar-refractivity contribution in [1.29, 1.82) is 0 Å². The molecular weight excluding hydrogens is 242 g/mol. The zero-order valence-corrected chi connectivity index (χ0v) is 11.1. The van der Waals surface area contributed by atoms with Crippen molar-refractivity contribution < 1.29 is 14.3 Å². The number of nitrogens with one attached hydrogen (secondary N) is 1. The van der Waals surface area contributed by atoms with Crippen LogP contribution in [-0.2, 0) is 9.53 Å². The molecule has 1 atom stereocenters. The van der Waals surface area contributed by atoms with Gasteiger partial charge in [-0.2, -0.15) is 0 Å². The van der Waals surface area contributed by atoms with E-state index in [4.69, 9.17) is 9.47 Å². The first-order chi connectivity index (χ1) is 9.28. The highest BCUT2D eigenvalue weighted by molar-refractivity contribution is 5.91. The molecule has 0 saturated carbocycles. The van der Waals surface area contributed by atoms with Crippen molar-refractivity contribution in [2.45, 2.75) is 26.0 Å². The molecule has 0 aromatic heterocycles. The molecule has 0 radical (unpaired) electrons. The maximum Gasteiger partial charge on any atom is 0.245 e. The second-order valence-corrected chi connectivity index (χ2v) is 4.35. The largest absolute Gasteiger partial charge is 0.494 e. The number of carbonyl (C=O) groups excluding carboxylic acids is 1. The van der Waals surface area contributed by atoms with Gasteiger partial charge in [0.2, 0.25) is 5.91 Å². The fourth-order valence-corrected chi connectivity index (χ4v) is 1.91. The molecule has 1 saturated heterocycles. The van der Waals surface area contributed by atoms with E-state index in [1.54, 1.807) is 6.08 Å². The number of amides is 1. The molecule has 0 bridgehead atoms. The van der Waals surface area contributed by atoms with E-state index in [1.165, 1.54) is 6.08 Å². The number of rotatable bonds is 5. The molecule has 1 fully saturated rings. The van der Waals surface area contributed by atoms with E-state index in [-0.39, 0.29) is 12.1 Å². The van der Waals surface area contributed by atoms with Gasteiger partial charge in [-0.1, -0.05) is 12.1 Å². The maximum absolute atomic E-state index is 11.6. The van der Waals surface area contributed by atoms with Crippen molar-refractivity contribution in [3.63, 3.8) is 0 Å². The fourth-order valence-electron chi connectivity index (χ4n) is 1.91. The van der Waals surface area contributed by atoms with Gasteiger partial charge in [0, 0.05) is 12.7 Å². The van der Waals surface area contributed by atoms with Crippen molar-refractivity contribution in [3.8, 4) is 5.75 Å². The molecule has 19 heavy (non-hydrogen) atoms. The Kier molecular flexibility index (Phi) is 4.98. The van der Waals surface area contributed by atoms with Gasteiger partial charge in [0.1, 0.15) is 12.0 Å². The average Bonchev–Trinajstić information content (AvgIpc) is 2.91. The smallest absolute Gasteiger partial charge is 0.245 e. The summed E-state index contributed by atoms with van der Waals surface area (Å²) in [5.41, 5.74) is 0.964.